The predicted molar refractivity (Wildman–Crippen MR) is 81.1 cm³/mol. The zero-order chi connectivity index (χ0) is 12.4. The standard InChI is InChI=1S/C14H24Si2/c1-15(2,3)13-11-9-7-8-10-12-14(13)16(4,5)6/h7-12H,1-6H3. The maximum Gasteiger partial charge on any atom is 0.0774 e. The van der Waals surface area contributed by atoms with Crippen LogP contribution in [0.15, 0.2) is 46.8 Å². The van der Waals surface area contributed by atoms with Crippen LogP contribution in [0.4, 0.5) is 0 Å². The Hall–Kier alpha value is -0.606. The summed E-state index contributed by atoms with van der Waals surface area (Å²) < 4.78 is 0. The molecule has 0 nitrogen and oxygen atoms in total. The van der Waals surface area contributed by atoms with Crippen LogP contribution < -0.4 is 0 Å². The van der Waals surface area contributed by atoms with Crippen molar-refractivity contribution in [3.63, 3.8) is 0 Å². The molecule has 0 fully saturated rings. The van der Waals surface area contributed by atoms with Gasteiger partial charge in [-0.3, -0.25) is 0 Å². The van der Waals surface area contributed by atoms with Gasteiger partial charge in [-0.15, -0.1) is 0 Å². The van der Waals surface area contributed by atoms with E-state index in [4.69, 9.17) is 0 Å². The normalized spacial score (nSPS) is 17.6. The third kappa shape index (κ3) is 3.46. The average Bonchev–Trinajstić information content (AvgIpc) is 1.96. The monoisotopic (exact) mass is 248 g/mol. The van der Waals surface area contributed by atoms with E-state index in [0.29, 0.717) is 0 Å². The van der Waals surface area contributed by atoms with Crippen LogP contribution in [0.1, 0.15) is 0 Å². The van der Waals surface area contributed by atoms with Crippen molar-refractivity contribution in [3.05, 3.63) is 46.8 Å². The third-order valence-corrected chi connectivity index (χ3v) is 7.12. The Morgan fingerprint density at radius 2 is 0.875 bits per heavy atom. The molecule has 88 valence electrons. The summed E-state index contributed by atoms with van der Waals surface area (Å²) in [5.41, 5.74) is 0. The highest BCUT2D eigenvalue weighted by Gasteiger charge is 2.29. The third-order valence-electron chi connectivity index (χ3n) is 2.77. The van der Waals surface area contributed by atoms with Crippen LogP contribution in [0.25, 0.3) is 0 Å². The summed E-state index contributed by atoms with van der Waals surface area (Å²) in [6.45, 7) is 14.6. The minimum absolute atomic E-state index is 1.24. The summed E-state index contributed by atoms with van der Waals surface area (Å²) in [5, 5.41) is 3.26. The quantitative estimate of drug-likeness (QED) is 0.620. The lowest BCUT2D eigenvalue weighted by molar-refractivity contribution is 1.53. The Kier molecular flexibility index (Phi) is 3.97. The summed E-state index contributed by atoms with van der Waals surface area (Å²) >= 11 is 0. The second kappa shape index (κ2) is 4.72. The molecule has 1 aliphatic rings. The van der Waals surface area contributed by atoms with E-state index >= 15 is 0 Å². The van der Waals surface area contributed by atoms with E-state index in [0.717, 1.165) is 0 Å². The van der Waals surface area contributed by atoms with Crippen molar-refractivity contribution in [1.29, 1.82) is 0 Å². The highest BCUT2D eigenvalue weighted by molar-refractivity contribution is 6.92. The number of rotatable bonds is 2. The van der Waals surface area contributed by atoms with Crippen LogP contribution in [0.2, 0.25) is 39.3 Å². The highest BCUT2D eigenvalue weighted by atomic mass is 28.3. The molecule has 2 heteroatoms. The molecule has 0 saturated carbocycles. The van der Waals surface area contributed by atoms with Gasteiger partial charge < -0.3 is 0 Å². The first-order valence-corrected chi connectivity index (χ1v) is 13.0. The lowest BCUT2D eigenvalue weighted by Gasteiger charge is -2.31. The highest BCUT2D eigenvalue weighted by Crippen LogP contribution is 2.30. The fraction of sp³-hybridized carbons (Fsp3) is 0.429. The van der Waals surface area contributed by atoms with Gasteiger partial charge in [0.2, 0.25) is 0 Å². The van der Waals surface area contributed by atoms with Crippen molar-refractivity contribution in [2.45, 2.75) is 39.3 Å². The van der Waals surface area contributed by atoms with Gasteiger partial charge in [0.1, 0.15) is 0 Å². The zero-order valence-electron chi connectivity index (χ0n) is 11.5. The van der Waals surface area contributed by atoms with Crippen molar-refractivity contribution in [2.24, 2.45) is 0 Å². The molecule has 1 aliphatic carbocycles. The van der Waals surface area contributed by atoms with Crippen molar-refractivity contribution in [1.82, 2.24) is 0 Å². The first kappa shape index (κ1) is 13.5. The number of hydrogen-bond donors (Lipinski definition) is 0. The molecule has 0 amide bonds. The topological polar surface area (TPSA) is 0 Å². The van der Waals surface area contributed by atoms with Gasteiger partial charge in [-0.2, -0.15) is 0 Å². The molecule has 0 radical (unpaired) electrons. The Balaban J connectivity index is 3.28. The predicted octanol–water partition coefficient (Wildman–Crippen LogP) is 4.72. The first-order chi connectivity index (χ1) is 7.23. The lowest BCUT2D eigenvalue weighted by atomic mass is 10.3. The fourth-order valence-corrected chi connectivity index (χ4v) is 7.14. The molecule has 0 heterocycles. The summed E-state index contributed by atoms with van der Waals surface area (Å²) in [6, 6.07) is 0. The number of allylic oxidation sites excluding steroid dienone is 8. The van der Waals surface area contributed by atoms with E-state index in [1.165, 1.54) is 0 Å². The van der Waals surface area contributed by atoms with Crippen LogP contribution in [0, 0.1) is 0 Å². The molecule has 0 aliphatic heterocycles. The van der Waals surface area contributed by atoms with Gasteiger partial charge in [0, 0.05) is 0 Å². The molecule has 0 bridgehead atoms. The minimum atomic E-state index is -1.24. The smallest absolute Gasteiger partial charge is 0.0656 e. The molecule has 0 atom stereocenters. The summed E-state index contributed by atoms with van der Waals surface area (Å²) in [7, 11) is -2.48. The SMILES string of the molecule is C[Si](C)(C)C1=CC=CC=CC=C1[Si](C)(C)C. The molecular formula is C14H24Si2. The van der Waals surface area contributed by atoms with Gasteiger partial charge in [0.05, 0.1) is 16.1 Å². The van der Waals surface area contributed by atoms with Crippen molar-refractivity contribution < 1.29 is 0 Å². The average molecular weight is 249 g/mol. The Bertz CT molecular complexity index is 331. The van der Waals surface area contributed by atoms with Gasteiger partial charge in [0.25, 0.3) is 0 Å². The lowest BCUT2D eigenvalue weighted by Crippen LogP contribution is -2.35. The van der Waals surface area contributed by atoms with E-state index in [1.807, 2.05) is 0 Å². The van der Waals surface area contributed by atoms with Crippen molar-refractivity contribution in [3.8, 4) is 0 Å². The van der Waals surface area contributed by atoms with E-state index in [-0.39, 0.29) is 0 Å². The Morgan fingerprint density at radius 1 is 0.562 bits per heavy atom. The maximum absolute atomic E-state index is 2.44. The molecule has 0 spiro atoms. The van der Waals surface area contributed by atoms with Gasteiger partial charge in [0.15, 0.2) is 0 Å². The summed E-state index contributed by atoms with van der Waals surface area (Å²) in [6.07, 6.45) is 13.3. The summed E-state index contributed by atoms with van der Waals surface area (Å²) in [5.74, 6) is 0. The largest absolute Gasteiger partial charge is 0.0774 e. The van der Waals surface area contributed by atoms with Gasteiger partial charge >= 0.3 is 0 Å². The molecule has 16 heavy (non-hydrogen) atoms. The molecule has 0 aromatic carbocycles. The van der Waals surface area contributed by atoms with Crippen molar-refractivity contribution in [2.75, 3.05) is 0 Å². The molecule has 1 rings (SSSR count). The molecule has 0 aromatic heterocycles. The molecule has 0 aromatic rings. The van der Waals surface area contributed by atoms with Crippen LogP contribution in [0.3, 0.4) is 0 Å². The zero-order valence-corrected chi connectivity index (χ0v) is 13.5. The van der Waals surface area contributed by atoms with E-state index in [1.54, 1.807) is 10.4 Å². The second-order valence-electron chi connectivity index (χ2n) is 6.43. The second-order valence-corrected chi connectivity index (χ2v) is 16.5. The van der Waals surface area contributed by atoms with Crippen LogP contribution in [-0.2, 0) is 0 Å². The molecule has 0 N–H and O–H groups in total. The molecule has 0 saturated heterocycles. The van der Waals surface area contributed by atoms with Crippen LogP contribution in [0.5, 0.6) is 0 Å². The van der Waals surface area contributed by atoms with E-state index < -0.39 is 16.1 Å². The van der Waals surface area contributed by atoms with E-state index in [9.17, 15) is 0 Å². The molecular weight excluding hydrogens is 224 g/mol. The Labute approximate surface area is 102 Å². The molecule has 0 unspecified atom stereocenters. The van der Waals surface area contributed by atoms with E-state index in [2.05, 4.69) is 75.7 Å². The maximum atomic E-state index is 2.44. The number of hydrogen-bond acceptors (Lipinski definition) is 0. The van der Waals surface area contributed by atoms with Gasteiger partial charge in [-0.25, -0.2) is 0 Å². The summed E-state index contributed by atoms with van der Waals surface area (Å²) in [4.78, 5) is 0. The Morgan fingerprint density at radius 3 is 1.12 bits per heavy atom. The minimum Gasteiger partial charge on any atom is -0.0656 e. The van der Waals surface area contributed by atoms with Gasteiger partial charge in [-0.1, -0.05) is 86.1 Å². The first-order valence-electron chi connectivity index (χ1n) is 5.99. The van der Waals surface area contributed by atoms with Gasteiger partial charge in [-0.05, 0) is 0 Å². The fourth-order valence-electron chi connectivity index (χ4n) is 1.92. The van der Waals surface area contributed by atoms with Crippen LogP contribution in [-0.4, -0.2) is 16.1 Å². The van der Waals surface area contributed by atoms with Crippen LogP contribution >= 0.6 is 0 Å². The van der Waals surface area contributed by atoms with Crippen molar-refractivity contribution >= 4 is 16.1 Å².